The van der Waals surface area contributed by atoms with Crippen molar-refractivity contribution in [1.29, 1.82) is 0 Å². The number of aromatic nitrogens is 2. The maximum absolute atomic E-state index is 13.1. The van der Waals surface area contributed by atoms with Gasteiger partial charge >= 0.3 is 0 Å². The van der Waals surface area contributed by atoms with E-state index in [0.29, 0.717) is 11.8 Å². The summed E-state index contributed by atoms with van der Waals surface area (Å²) in [6.07, 6.45) is 12.3. The van der Waals surface area contributed by atoms with Gasteiger partial charge in [-0.3, -0.25) is 15.6 Å². The van der Waals surface area contributed by atoms with Gasteiger partial charge in [-0.25, -0.2) is 9.97 Å². The lowest BCUT2D eigenvalue weighted by atomic mass is 9.90. The zero-order chi connectivity index (χ0) is 19.6. The molecule has 4 aliphatic rings. The van der Waals surface area contributed by atoms with Gasteiger partial charge in [0, 0.05) is 50.8 Å². The lowest BCUT2D eigenvalue weighted by Crippen LogP contribution is -2.50. The summed E-state index contributed by atoms with van der Waals surface area (Å²) in [6.45, 7) is 3.87. The third-order valence-corrected chi connectivity index (χ3v) is 7.43. The van der Waals surface area contributed by atoms with Crippen LogP contribution in [0.4, 0.5) is 5.95 Å². The van der Waals surface area contributed by atoms with E-state index < -0.39 is 0 Å². The molecule has 2 N–H and O–H groups in total. The molecule has 3 unspecified atom stereocenters. The molecule has 1 saturated carbocycles. The van der Waals surface area contributed by atoms with Crippen LogP contribution in [0.15, 0.2) is 12.3 Å². The predicted octanol–water partition coefficient (Wildman–Crippen LogP) is 2.21. The monoisotopic (exact) mass is 398 g/mol. The molecular weight excluding hydrogens is 364 g/mol. The Labute approximate surface area is 173 Å². The van der Waals surface area contributed by atoms with E-state index in [2.05, 4.69) is 31.7 Å². The van der Waals surface area contributed by atoms with Crippen LogP contribution in [0.25, 0.3) is 0 Å². The summed E-state index contributed by atoms with van der Waals surface area (Å²) in [5, 5.41) is 0. The number of hydrogen-bond donors (Lipinski definition) is 2. The number of nitrogens with one attached hydrogen (secondary N) is 2. The summed E-state index contributed by atoms with van der Waals surface area (Å²) < 4.78 is 0. The predicted molar refractivity (Wildman–Crippen MR) is 112 cm³/mol. The van der Waals surface area contributed by atoms with E-state index in [1.165, 1.54) is 38.5 Å². The zero-order valence-corrected chi connectivity index (χ0v) is 17.4. The van der Waals surface area contributed by atoms with E-state index in [1.54, 1.807) is 0 Å². The summed E-state index contributed by atoms with van der Waals surface area (Å²) in [5.41, 5.74) is 7.95. The number of hydrogen-bond acceptors (Lipinski definition) is 6. The number of nitrogens with zero attached hydrogens (tertiary/aromatic N) is 4. The molecule has 1 aromatic heterocycles. The van der Waals surface area contributed by atoms with Gasteiger partial charge in [-0.15, -0.1) is 0 Å². The number of carbonyl (C=O) groups excluding carboxylic acids is 1. The van der Waals surface area contributed by atoms with Crippen LogP contribution in [0.3, 0.4) is 0 Å². The van der Waals surface area contributed by atoms with E-state index in [0.717, 1.165) is 57.1 Å². The molecule has 29 heavy (non-hydrogen) atoms. The molecule has 0 spiro atoms. The van der Waals surface area contributed by atoms with E-state index in [4.69, 9.17) is 4.98 Å². The Hall–Kier alpha value is -1.73. The van der Waals surface area contributed by atoms with Gasteiger partial charge in [0.25, 0.3) is 0 Å². The number of anilines is 1. The number of amides is 1. The quantitative estimate of drug-likeness (QED) is 0.792. The zero-order valence-electron chi connectivity index (χ0n) is 17.4. The van der Waals surface area contributed by atoms with Gasteiger partial charge in [0.2, 0.25) is 11.9 Å². The average Bonchev–Trinajstić information content (AvgIpc) is 3.55. The Morgan fingerprint density at radius 1 is 1.07 bits per heavy atom. The van der Waals surface area contributed by atoms with E-state index in [9.17, 15) is 4.79 Å². The third kappa shape index (κ3) is 3.99. The molecule has 1 aliphatic carbocycles. The highest BCUT2D eigenvalue weighted by Crippen LogP contribution is 2.34. The fourth-order valence-electron chi connectivity index (χ4n) is 5.86. The van der Waals surface area contributed by atoms with Gasteiger partial charge in [-0.2, -0.15) is 0 Å². The van der Waals surface area contributed by atoms with Crippen LogP contribution in [0.5, 0.6) is 0 Å². The first kappa shape index (κ1) is 19.2. The van der Waals surface area contributed by atoms with Crippen molar-refractivity contribution < 1.29 is 4.79 Å². The molecule has 0 bridgehead atoms. The van der Waals surface area contributed by atoms with Crippen LogP contribution in [0.1, 0.15) is 69.4 Å². The Bertz CT molecular complexity index is 715. The fourth-order valence-corrected chi connectivity index (χ4v) is 5.86. The molecule has 0 radical (unpaired) electrons. The van der Waals surface area contributed by atoms with Crippen molar-refractivity contribution in [2.24, 2.45) is 5.92 Å². The van der Waals surface area contributed by atoms with Gasteiger partial charge in [0.05, 0.1) is 11.7 Å². The molecule has 4 heterocycles. The second kappa shape index (κ2) is 8.56. The van der Waals surface area contributed by atoms with Crippen LogP contribution >= 0.6 is 0 Å². The Morgan fingerprint density at radius 2 is 1.90 bits per heavy atom. The maximum atomic E-state index is 13.1. The SMILES string of the molecule is O=C(CC1CCCC1)N1CCCC1C1NNCC1c1ccnc(N2CCCC2)n1. The first-order valence-corrected chi connectivity index (χ1v) is 11.7. The molecular formula is C22H34N6O. The molecule has 3 aliphatic heterocycles. The first-order valence-electron chi connectivity index (χ1n) is 11.7. The van der Waals surface area contributed by atoms with E-state index in [1.807, 2.05) is 6.20 Å². The van der Waals surface area contributed by atoms with Gasteiger partial charge in [-0.1, -0.05) is 12.8 Å². The Balaban J connectivity index is 1.30. The molecule has 1 aromatic rings. The summed E-state index contributed by atoms with van der Waals surface area (Å²) in [5.74, 6) is 2.11. The molecule has 0 aromatic carbocycles. The standard InChI is InChI=1S/C22H34N6O/c29-20(14-16-6-1-2-7-16)28-13-5-8-19(28)21-17(15-24-26-21)18-9-10-23-22(25-18)27-11-3-4-12-27/h9-10,16-17,19,21,24,26H,1-8,11-15H2. The number of rotatable bonds is 5. The normalized spacial score (nSPS) is 30.6. The summed E-state index contributed by atoms with van der Waals surface area (Å²) in [7, 11) is 0. The smallest absolute Gasteiger partial charge is 0.225 e. The lowest BCUT2D eigenvalue weighted by Gasteiger charge is -2.33. The average molecular weight is 399 g/mol. The third-order valence-electron chi connectivity index (χ3n) is 7.43. The minimum atomic E-state index is 0.214. The molecule has 3 atom stereocenters. The van der Waals surface area contributed by atoms with Gasteiger partial charge in [0.15, 0.2) is 0 Å². The van der Waals surface area contributed by atoms with Crippen LogP contribution in [0, 0.1) is 5.92 Å². The van der Waals surface area contributed by atoms with Crippen LogP contribution in [-0.2, 0) is 4.79 Å². The van der Waals surface area contributed by atoms with Crippen molar-refractivity contribution in [2.45, 2.75) is 75.8 Å². The van der Waals surface area contributed by atoms with Gasteiger partial charge < -0.3 is 9.80 Å². The highest BCUT2D eigenvalue weighted by Gasteiger charge is 2.42. The van der Waals surface area contributed by atoms with Crippen molar-refractivity contribution in [3.8, 4) is 0 Å². The molecule has 7 nitrogen and oxygen atoms in total. The van der Waals surface area contributed by atoms with Crippen LogP contribution < -0.4 is 15.8 Å². The van der Waals surface area contributed by atoms with Crippen molar-refractivity contribution in [1.82, 2.24) is 25.7 Å². The van der Waals surface area contributed by atoms with Crippen LogP contribution in [0.2, 0.25) is 0 Å². The van der Waals surface area contributed by atoms with Crippen molar-refractivity contribution in [3.05, 3.63) is 18.0 Å². The van der Waals surface area contributed by atoms with E-state index >= 15 is 0 Å². The second-order valence-corrected chi connectivity index (χ2v) is 9.28. The summed E-state index contributed by atoms with van der Waals surface area (Å²) >= 11 is 0. The minimum Gasteiger partial charge on any atom is -0.341 e. The molecule has 1 amide bonds. The largest absolute Gasteiger partial charge is 0.341 e. The van der Waals surface area contributed by atoms with Crippen LogP contribution in [-0.4, -0.2) is 59.0 Å². The topological polar surface area (TPSA) is 73.4 Å². The fraction of sp³-hybridized carbons (Fsp3) is 0.773. The van der Waals surface area contributed by atoms with Gasteiger partial charge in [0.1, 0.15) is 0 Å². The Kier molecular flexibility index (Phi) is 5.68. The van der Waals surface area contributed by atoms with Gasteiger partial charge in [-0.05, 0) is 50.5 Å². The van der Waals surface area contributed by atoms with Crippen molar-refractivity contribution in [2.75, 3.05) is 31.1 Å². The maximum Gasteiger partial charge on any atom is 0.225 e. The highest BCUT2D eigenvalue weighted by molar-refractivity contribution is 5.77. The number of likely N-dealkylation sites (tertiary alicyclic amines) is 1. The second-order valence-electron chi connectivity index (χ2n) is 9.28. The summed E-state index contributed by atoms with van der Waals surface area (Å²) in [6, 6.07) is 2.53. The highest BCUT2D eigenvalue weighted by atomic mass is 16.2. The Morgan fingerprint density at radius 3 is 2.72 bits per heavy atom. The van der Waals surface area contributed by atoms with Crippen molar-refractivity contribution in [3.63, 3.8) is 0 Å². The first-order chi connectivity index (χ1) is 14.3. The van der Waals surface area contributed by atoms with Crippen molar-refractivity contribution >= 4 is 11.9 Å². The number of carbonyl (C=O) groups is 1. The molecule has 158 valence electrons. The van der Waals surface area contributed by atoms with E-state index in [-0.39, 0.29) is 18.0 Å². The lowest BCUT2D eigenvalue weighted by molar-refractivity contribution is -0.133. The molecule has 7 heteroatoms. The molecule has 5 rings (SSSR count). The molecule has 4 fully saturated rings. The number of hydrazine groups is 1. The summed E-state index contributed by atoms with van der Waals surface area (Å²) in [4.78, 5) is 27.0. The minimum absolute atomic E-state index is 0.214. The molecule has 3 saturated heterocycles.